The average molecular weight is 473 g/mol. The Kier molecular flexibility index (Phi) is 6.35. The van der Waals surface area contributed by atoms with Gasteiger partial charge >= 0.3 is 12.2 Å². The number of H-pyrrole nitrogens is 2. The molecule has 2 fully saturated rings. The number of carbonyl (C=O) groups is 2. The number of aromatic amines is 2. The highest BCUT2D eigenvalue weighted by molar-refractivity contribution is 5.69. The van der Waals surface area contributed by atoms with Crippen LogP contribution in [-0.2, 0) is 9.47 Å². The molecule has 0 saturated carbocycles. The van der Waals surface area contributed by atoms with Crippen molar-refractivity contribution < 1.29 is 19.1 Å². The van der Waals surface area contributed by atoms with Crippen LogP contribution in [0, 0.1) is 0 Å². The van der Waals surface area contributed by atoms with Crippen LogP contribution in [0.4, 0.5) is 9.59 Å². The normalized spacial score (nSPS) is 21.2. The molecule has 2 aliphatic heterocycles. The van der Waals surface area contributed by atoms with E-state index in [2.05, 4.69) is 19.9 Å². The van der Waals surface area contributed by atoms with Crippen LogP contribution in [0.3, 0.4) is 0 Å². The van der Waals surface area contributed by atoms with Gasteiger partial charge in [0.2, 0.25) is 0 Å². The van der Waals surface area contributed by atoms with Gasteiger partial charge in [0, 0.05) is 13.1 Å². The van der Waals surface area contributed by atoms with Gasteiger partial charge in [0.05, 0.1) is 35.9 Å². The summed E-state index contributed by atoms with van der Waals surface area (Å²) in [5, 5.41) is 0. The first-order chi connectivity index (χ1) is 15.9. The number of aromatic nitrogens is 4. The fourth-order valence-electron chi connectivity index (χ4n) is 4.47. The third kappa shape index (κ3) is 5.37. The first kappa shape index (κ1) is 24.1. The number of carbonyl (C=O) groups excluding carboxylic acids is 2. The van der Waals surface area contributed by atoms with Crippen LogP contribution in [-0.4, -0.2) is 66.2 Å². The molecule has 10 nitrogen and oxygen atoms in total. The maximum atomic E-state index is 12.6. The SMILES string of the molecule is CC(C)(C)OC(=O)N1CCC[C@H]1c1ncc(-c2cnc([C@@H]3CCCN3C(=O)OC(C)(C)C)[nH]2)[nH]1. The summed E-state index contributed by atoms with van der Waals surface area (Å²) in [4.78, 5) is 44.6. The van der Waals surface area contributed by atoms with Crippen molar-refractivity contribution in [2.75, 3.05) is 13.1 Å². The standard InChI is InChI=1S/C24H36N6O4/c1-23(2,3)33-21(31)29-11-7-9-17(29)19-25-13-15(27-19)16-14-26-20(28-16)18-10-8-12-30(18)22(32)34-24(4,5)6/h13-14,17-18H,7-12H2,1-6H3,(H,25,27)(H,26,28)/t17-,18-/m0/s1. The number of amides is 2. The Morgan fingerprint density at radius 2 is 1.18 bits per heavy atom. The number of hydrogen-bond donors (Lipinski definition) is 2. The van der Waals surface area contributed by atoms with E-state index in [-0.39, 0.29) is 24.3 Å². The van der Waals surface area contributed by atoms with Gasteiger partial charge in [-0.2, -0.15) is 0 Å². The molecule has 2 amide bonds. The van der Waals surface area contributed by atoms with E-state index in [1.165, 1.54) is 0 Å². The Morgan fingerprint density at radius 1 is 0.794 bits per heavy atom. The van der Waals surface area contributed by atoms with Crippen LogP contribution in [0.25, 0.3) is 11.4 Å². The van der Waals surface area contributed by atoms with Crippen LogP contribution in [0.2, 0.25) is 0 Å². The fourth-order valence-corrected chi connectivity index (χ4v) is 4.47. The highest BCUT2D eigenvalue weighted by atomic mass is 16.6. The summed E-state index contributed by atoms with van der Waals surface area (Å²) in [5.41, 5.74) is 0.481. The lowest BCUT2D eigenvalue weighted by atomic mass is 10.2. The number of likely N-dealkylation sites (tertiary alicyclic amines) is 2. The van der Waals surface area contributed by atoms with Crippen LogP contribution in [0.1, 0.15) is 91.0 Å². The van der Waals surface area contributed by atoms with Crippen molar-refractivity contribution >= 4 is 12.2 Å². The van der Waals surface area contributed by atoms with E-state index in [0.717, 1.165) is 48.7 Å². The third-order valence-electron chi connectivity index (χ3n) is 5.87. The third-order valence-corrected chi connectivity index (χ3v) is 5.87. The summed E-state index contributed by atoms with van der Waals surface area (Å²) < 4.78 is 11.1. The van der Waals surface area contributed by atoms with Crippen molar-refractivity contribution in [2.45, 2.75) is 90.5 Å². The second-order valence-corrected chi connectivity index (χ2v) is 11.0. The van der Waals surface area contributed by atoms with Crippen LogP contribution >= 0.6 is 0 Å². The van der Waals surface area contributed by atoms with Crippen molar-refractivity contribution in [3.05, 3.63) is 24.0 Å². The highest BCUT2D eigenvalue weighted by Gasteiger charge is 2.36. The number of nitrogens with zero attached hydrogens (tertiary/aromatic N) is 4. The molecule has 0 unspecified atom stereocenters. The summed E-state index contributed by atoms with van der Waals surface area (Å²) in [6.45, 7) is 12.5. The Bertz CT molecular complexity index is 949. The zero-order chi connectivity index (χ0) is 24.7. The summed E-state index contributed by atoms with van der Waals surface area (Å²) >= 11 is 0. The van der Waals surface area contributed by atoms with Crippen LogP contribution < -0.4 is 0 Å². The molecule has 0 spiro atoms. The molecule has 0 aliphatic carbocycles. The maximum Gasteiger partial charge on any atom is 0.410 e. The van der Waals surface area contributed by atoms with E-state index in [9.17, 15) is 9.59 Å². The Balaban J connectivity index is 1.47. The first-order valence-corrected chi connectivity index (χ1v) is 12.0. The number of nitrogens with one attached hydrogen (secondary N) is 2. The molecule has 4 rings (SSSR count). The maximum absolute atomic E-state index is 12.6. The molecule has 4 heterocycles. The smallest absolute Gasteiger partial charge is 0.410 e. The van der Waals surface area contributed by atoms with Gasteiger partial charge in [0.25, 0.3) is 0 Å². The number of ether oxygens (including phenoxy) is 2. The van der Waals surface area contributed by atoms with Crippen LogP contribution in [0.15, 0.2) is 12.4 Å². The summed E-state index contributed by atoms with van der Waals surface area (Å²) in [6.07, 6.45) is 6.31. The zero-order valence-corrected chi connectivity index (χ0v) is 21.0. The topological polar surface area (TPSA) is 116 Å². The second-order valence-electron chi connectivity index (χ2n) is 11.0. The molecule has 2 aromatic rings. The van der Waals surface area contributed by atoms with Gasteiger partial charge in [-0.3, -0.25) is 9.80 Å². The summed E-state index contributed by atoms with van der Waals surface area (Å²) in [5.74, 6) is 1.46. The van der Waals surface area contributed by atoms with Gasteiger partial charge in [-0.15, -0.1) is 0 Å². The van der Waals surface area contributed by atoms with Crippen LogP contribution in [0.5, 0.6) is 0 Å². The molecule has 0 bridgehead atoms. The monoisotopic (exact) mass is 472 g/mol. The molecule has 10 heteroatoms. The van der Waals surface area contributed by atoms with Gasteiger partial charge in [0.1, 0.15) is 22.9 Å². The van der Waals surface area contributed by atoms with E-state index in [0.29, 0.717) is 13.1 Å². The quantitative estimate of drug-likeness (QED) is 0.653. The minimum Gasteiger partial charge on any atom is -0.444 e. The second kappa shape index (κ2) is 8.96. The lowest BCUT2D eigenvalue weighted by Crippen LogP contribution is -2.36. The number of imidazole rings is 2. The fraction of sp³-hybridized carbons (Fsp3) is 0.667. The van der Waals surface area contributed by atoms with Crippen molar-refractivity contribution in [1.29, 1.82) is 0 Å². The van der Waals surface area contributed by atoms with E-state index in [1.54, 1.807) is 22.2 Å². The molecule has 186 valence electrons. The molecular formula is C24H36N6O4. The van der Waals surface area contributed by atoms with Crippen molar-refractivity contribution in [2.24, 2.45) is 0 Å². The van der Waals surface area contributed by atoms with E-state index in [4.69, 9.17) is 9.47 Å². The van der Waals surface area contributed by atoms with Crippen molar-refractivity contribution in [1.82, 2.24) is 29.7 Å². The Morgan fingerprint density at radius 3 is 1.53 bits per heavy atom. The lowest BCUT2D eigenvalue weighted by molar-refractivity contribution is 0.0208. The van der Waals surface area contributed by atoms with Crippen molar-refractivity contribution in [3.8, 4) is 11.4 Å². The Labute approximate surface area is 200 Å². The number of hydrogen-bond acceptors (Lipinski definition) is 6. The van der Waals surface area contributed by atoms with E-state index >= 15 is 0 Å². The lowest BCUT2D eigenvalue weighted by Gasteiger charge is -2.27. The predicted octanol–water partition coefficient (Wildman–Crippen LogP) is 4.94. The highest BCUT2D eigenvalue weighted by Crippen LogP contribution is 2.34. The van der Waals surface area contributed by atoms with Gasteiger partial charge in [-0.05, 0) is 67.2 Å². The van der Waals surface area contributed by atoms with Gasteiger partial charge < -0.3 is 19.4 Å². The average Bonchev–Trinajstić information content (AvgIpc) is 3.51. The van der Waals surface area contributed by atoms with Gasteiger partial charge in [-0.25, -0.2) is 19.6 Å². The molecule has 0 radical (unpaired) electrons. The molecule has 0 aromatic carbocycles. The van der Waals surface area contributed by atoms with Crippen molar-refractivity contribution in [3.63, 3.8) is 0 Å². The van der Waals surface area contributed by atoms with E-state index in [1.807, 2.05) is 41.5 Å². The minimum atomic E-state index is -0.543. The predicted molar refractivity (Wildman–Crippen MR) is 126 cm³/mol. The number of rotatable bonds is 3. The molecule has 2 N–H and O–H groups in total. The Hall–Kier alpha value is -3.04. The first-order valence-electron chi connectivity index (χ1n) is 12.0. The molecule has 2 saturated heterocycles. The largest absolute Gasteiger partial charge is 0.444 e. The minimum absolute atomic E-state index is 0.150. The summed E-state index contributed by atoms with van der Waals surface area (Å²) in [7, 11) is 0. The van der Waals surface area contributed by atoms with Gasteiger partial charge in [0.15, 0.2) is 0 Å². The molecular weight excluding hydrogens is 436 g/mol. The summed E-state index contributed by atoms with van der Waals surface area (Å²) in [6, 6.07) is -0.299. The van der Waals surface area contributed by atoms with E-state index < -0.39 is 11.2 Å². The molecule has 34 heavy (non-hydrogen) atoms. The molecule has 2 atom stereocenters. The molecule has 2 aromatic heterocycles. The van der Waals surface area contributed by atoms with Gasteiger partial charge in [-0.1, -0.05) is 0 Å². The molecule has 2 aliphatic rings. The zero-order valence-electron chi connectivity index (χ0n) is 21.0.